The van der Waals surface area contributed by atoms with Gasteiger partial charge in [0.1, 0.15) is 17.0 Å². The fraction of sp³-hybridized carbons (Fsp3) is 0.429. The highest BCUT2D eigenvalue weighted by molar-refractivity contribution is 7.89. The summed E-state index contributed by atoms with van der Waals surface area (Å²) in [6.45, 7) is 4.52. The van der Waals surface area contributed by atoms with E-state index in [9.17, 15) is 8.42 Å². The van der Waals surface area contributed by atoms with Crippen LogP contribution in [0.2, 0.25) is 0 Å². The first kappa shape index (κ1) is 19.0. The normalized spacial score (nSPS) is 20.7. The maximum absolute atomic E-state index is 12.9. The van der Waals surface area contributed by atoms with E-state index in [0.29, 0.717) is 31.1 Å². The third-order valence-electron chi connectivity index (χ3n) is 5.99. The van der Waals surface area contributed by atoms with Crippen LogP contribution in [0.4, 0.5) is 5.82 Å². The van der Waals surface area contributed by atoms with Crippen molar-refractivity contribution in [2.24, 2.45) is 5.92 Å². The monoisotopic (exact) mass is 428 g/mol. The first-order valence-corrected chi connectivity index (χ1v) is 12.3. The van der Waals surface area contributed by atoms with E-state index in [4.69, 9.17) is 0 Å². The molecule has 2 aromatic heterocycles. The third kappa shape index (κ3) is 3.33. The van der Waals surface area contributed by atoms with E-state index in [0.717, 1.165) is 29.4 Å². The molecule has 3 aromatic rings. The van der Waals surface area contributed by atoms with Crippen LogP contribution in [0, 0.1) is 5.92 Å². The maximum atomic E-state index is 12.9. The molecule has 1 aromatic carbocycles. The van der Waals surface area contributed by atoms with Gasteiger partial charge < -0.3 is 4.90 Å². The average Bonchev–Trinajstić information content (AvgIpc) is 3.12. The van der Waals surface area contributed by atoms with E-state index >= 15 is 0 Å². The smallest absolute Gasteiger partial charge is 0.243 e. The SMILES string of the molecule is C[C@@H]1CCc2c(sc3ncnc(N4CCN(S(=O)(=O)c5ccccc5)CC4)c23)C1. The Morgan fingerprint density at radius 3 is 2.59 bits per heavy atom. The number of sulfonamides is 1. The van der Waals surface area contributed by atoms with Crippen LogP contribution in [0.25, 0.3) is 10.2 Å². The minimum atomic E-state index is -3.44. The molecule has 0 amide bonds. The van der Waals surface area contributed by atoms with Crippen LogP contribution in [0.5, 0.6) is 0 Å². The molecular formula is C21H24N4O2S2. The van der Waals surface area contributed by atoms with Crippen molar-refractivity contribution in [2.75, 3.05) is 31.1 Å². The van der Waals surface area contributed by atoms with E-state index in [2.05, 4.69) is 21.8 Å². The Kier molecular flexibility index (Phi) is 4.80. The summed E-state index contributed by atoms with van der Waals surface area (Å²) in [6, 6.07) is 8.69. The number of hydrogen-bond acceptors (Lipinski definition) is 6. The molecule has 1 aliphatic carbocycles. The molecule has 0 unspecified atom stereocenters. The molecule has 0 spiro atoms. The molecule has 1 aliphatic heterocycles. The molecule has 0 radical (unpaired) electrons. The van der Waals surface area contributed by atoms with Gasteiger partial charge in [-0.15, -0.1) is 11.3 Å². The number of aryl methyl sites for hydroxylation is 1. The summed E-state index contributed by atoms with van der Waals surface area (Å²) in [7, 11) is -3.44. The van der Waals surface area contributed by atoms with E-state index in [1.165, 1.54) is 22.2 Å². The van der Waals surface area contributed by atoms with Gasteiger partial charge in [0.15, 0.2) is 0 Å². The van der Waals surface area contributed by atoms with Crippen molar-refractivity contribution in [3.05, 3.63) is 47.1 Å². The number of anilines is 1. The van der Waals surface area contributed by atoms with Gasteiger partial charge in [0.05, 0.1) is 10.3 Å². The maximum Gasteiger partial charge on any atom is 0.243 e. The Bertz CT molecular complexity index is 1140. The van der Waals surface area contributed by atoms with Gasteiger partial charge in [0, 0.05) is 31.1 Å². The van der Waals surface area contributed by atoms with Gasteiger partial charge >= 0.3 is 0 Å². The zero-order valence-corrected chi connectivity index (χ0v) is 18.0. The van der Waals surface area contributed by atoms with Crippen molar-refractivity contribution in [2.45, 2.75) is 31.1 Å². The van der Waals surface area contributed by atoms with E-state index in [1.54, 1.807) is 46.2 Å². The largest absolute Gasteiger partial charge is 0.353 e. The number of fused-ring (bicyclic) bond motifs is 3. The zero-order valence-electron chi connectivity index (χ0n) is 16.4. The highest BCUT2D eigenvalue weighted by Gasteiger charge is 2.31. The number of rotatable bonds is 3. The quantitative estimate of drug-likeness (QED) is 0.640. The molecule has 6 nitrogen and oxygen atoms in total. The van der Waals surface area contributed by atoms with Gasteiger partial charge in [-0.25, -0.2) is 18.4 Å². The minimum Gasteiger partial charge on any atom is -0.353 e. The summed E-state index contributed by atoms with van der Waals surface area (Å²) in [5, 5.41) is 1.19. The fourth-order valence-electron chi connectivity index (χ4n) is 4.38. The Balaban J connectivity index is 1.41. The lowest BCUT2D eigenvalue weighted by Gasteiger charge is -2.35. The Hall–Kier alpha value is -2.03. The summed E-state index contributed by atoms with van der Waals surface area (Å²) < 4.78 is 27.4. The molecule has 1 fully saturated rings. The van der Waals surface area contributed by atoms with E-state index < -0.39 is 10.0 Å². The molecule has 1 atom stereocenters. The predicted octanol–water partition coefficient (Wildman–Crippen LogP) is 3.33. The number of piperazine rings is 1. The molecule has 3 heterocycles. The number of thiophene rings is 1. The van der Waals surface area contributed by atoms with Gasteiger partial charge in [-0.1, -0.05) is 25.1 Å². The standard InChI is InChI=1S/C21H24N4O2S2/c1-15-7-8-17-18(13-15)28-21-19(17)20(22-14-23-21)24-9-11-25(12-10-24)29(26,27)16-5-3-2-4-6-16/h2-6,14-15H,7-13H2,1H3/t15-/m1/s1. The lowest BCUT2D eigenvalue weighted by Crippen LogP contribution is -2.49. The molecule has 1 saturated heterocycles. The molecule has 8 heteroatoms. The highest BCUT2D eigenvalue weighted by Crippen LogP contribution is 2.40. The van der Waals surface area contributed by atoms with Gasteiger partial charge in [0.25, 0.3) is 0 Å². The topological polar surface area (TPSA) is 66.4 Å². The van der Waals surface area contributed by atoms with Crippen LogP contribution >= 0.6 is 11.3 Å². The average molecular weight is 429 g/mol. The summed E-state index contributed by atoms with van der Waals surface area (Å²) in [6.07, 6.45) is 5.06. The third-order valence-corrected chi connectivity index (χ3v) is 9.07. The molecule has 0 N–H and O–H groups in total. The zero-order chi connectivity index (χ0) is 20.0. The predicted molar refractivity (Wildman–Crippen MR) is 116 cm³/mol. The summed E-state index contributed by atoms with van der Waals surface area (Å²) in [4.78, 5) is 14.3. The second-order valence-electron chi connectivity index (χ2n) is 7.93. The van der Waals surface area contributed by atoms with Gasteiger partial charge in [0.2, 0.25) is 10.0 Å². The first-order chi connectivity index (χ1) is 14.0. The Morgan fingerprint density at radius 1 is 1.07 bits per heavy atom. The van der Waals surface area contributed by atoms with Crippen molar-refractivity contribution in [3.8, 4) is 0 Å². The molecule has 0 saturated carbocycles. The number of nitrogens with zero attached hydrogens (tertiary/aromatic N) is 4. The van der Waals surface area contributed by atoms with Gasteiger partial charge in [-0.3, -0.25) is 0 Å². The summed E-state index contributed by atoms with van der Waals surface area (Å²) in [5.41, 5.74) is 1.41. The molecular weight excluding hydrogens is 404 g/mol. The van der Waals surface area contributed by atoms with E-state index in [-0.39, 0.29) is 0 Å². The lowest BCUT2D eigenvalue weighted by molar-refractivity contribution is 0.384. The number of benzene rings is 1. The van der Waals surface area contributed by atoms with Gasteiger partial charge in [-0.2, -0.15) is 4.31 Å². The van der Waals surface area contributed by atoms with Crippen LogP contribution in [-0.2, 0) is 22.9 Å². The second-order valence-corrected chi connectivity index (χ2v) is 11.0. The summed E-state index contributed by atoms with van der Waals surface area (Å²) in [5.74, 6) is 1.69. The first-order valence-electron chi connectivity index (χ1n) is 10.1. The molecule has 5 rings (SSSR count). The second kappa shape index (κ2) is 7.34. The highest BCUT2D eigenvalue weighted by atomic mass is 32.2. The van der Waals surface area contributed by atoms with Crippen LogP contribution in [0.3, 0.4) is 0 Å². The molecule has 0 bridgehead atoms. The van der Waals surface area contributed by atoms with Crippen LogP contribution in [-0.4, -0.2) is 48.9 Å². The van der Waals surface area contributed by atoms with Crippen molar-refractivity contribution in [1.82, 2.24) is 14.3 Å². The van der Waals surface area contributed by atoms with Crippen LogP contribution < -0.4 is 4.90 Å². The van der Waals surface area contributed by atoms with Crippen LogP contribution in [0.15, 0.2) is 41.6 Å². The minimum absolute atomic E-state index is 0.360. The van der Waals surface area contributed by atoms with Crippen molar-refractivity contribution in [1.29, 1.82) is 0 Å². The van der Waals surface area contributed by atoms with Crippen molar-refractivity contribution < 1.29 is 8.42 Å². The molecule has 152 valence electrons. The number of hydrogen-bond donors (Lipinski definition) is 0. The molecule has 29 heavy (non-hydrogen) atoms. The Morgan fingerprint density at radius 2 is 1.83 bits per heavy atom. The van der Waals surface area contributed by atoms with E-state index in [1.807, 2.05) is 6.07 Å². The van der Waals surface area contributed by atoms with Gasteiger partial charge in [-0.05, 0) is 42.9 Å². The fourth-order valence-corrected chi connectivity index (χ4v) is 7.17. The van der Waals surface area contributed by atoms with Crippen molar-refractivity contribution >= 4 is 37.4 Å². The van der Waals surface area contributed by atoms with Crippen molar-refractivity contribution in [3.63, 3.8) is 0 Å². The Labute approximate surface area is 175 Å². The number of aromatic nitrogens is 2. The summed E-state index contributed by atoms with van der Waals surface area (Å²) >= 11 is 1.80. The molecule has 2 aliphatic rings. The van der Waals surface area contributed by atoms with Crippen LogP contribution in [0.1, 0.15) is 23.8 Å². The lowest BCUT2D eigenvalue weighted by atomic mass is 9.89.